The molecule has 0 bridgehead atoms. The molecule has 2 aromatic rings. The first-order valence-electron chi connectivity index (χ1n) is 6.50. The van der Waals surface area contributed by atoms with E-state index >= 15 is 0 Å². The van der Waals surface area contributed by atoms with Crippen LogP contribution in [-0.4, -0.2) is 20.6 Å². The number of carboxylic acids is 1. The van der Waals surface area contributed by atoms with E-state index in [2.05, 4.69) is 22.5 Å². The number of imidazole rings is 1. The van der Waals surface area contributed by atoms with E-state index in [1.165, 1.54) is 0 Å². The van der Waals surface area contributed by atoms with E-state index in [0.29, 0.717) is 13.0 Å². The summed E-state index contributed by atoms with van der Waals surface area (Å²) in [5, 5.41) is 9.18. The number of hydrogen-bond acceptors (Lipinski definition) is 2. The van der Waals surface area contributed by atoms with Crippen molar-refractivity contribution in [2.45, 2.75) is 26.3 Å². The molecule has 1 unspecified atom stereocenters. The molecule has 1 aromatic carbocycles. The predicted octanol–water partition coefficient (Wildman–Crippen LogP) is 2.93. The van der Waals surface area contributed by atoms with E-state index in [1.54, 1.807) is 0 Å². The van der Waals surface area contributed by atoms with E-state index in [9.17, 15) is 9.90 Å². The number of benzene rings is 1. The van der Waals surface area contributed by atoms with E-state index in [-0.39, 0.29) is 18.3 Å². The number of aliphatic carboxylic acids is 1. The Balaban J connectivity index is 0.00000147. The standard InChI is InChI=1S/C15H16N2O2.ClH/c1-10-4-2-3-5-13(10)14-16-8-12-7-6-11(15(18)19)9-17(12)14;/h2-5,8,11H,6-7,9H2,1H3,(H,18,19);1H. The van der Waals surface area contributed by atoms with Crippen LogP contribution in [0.15, 0.2) is 30.5 Å². The first kappa shape index (κ1) is 14.6. The average Bonchev–Trinajstić information content (AvgIpc) is 2.82. The minimum atomic E-state index is -0.713. The van der Waals surface area contributed by atoms with Crippen molar-refractivity contribution >= 4 is 18.4 Å². The van der Waals surface area contributed by atoms with Gasteiger partial charge in [-0.25, -0.2) is 4.98 Å². The smallest absolute Gasteiger partial charge is 0.308 e. The maximum absolute atomic E-state index is 11.2. The largest absolute Gasteiger partial charge is 0.481 e. The Morgan fingerprint density at radius 1 is 1.40 bits per heavy atom. The molecule has 0 aliphatic carbocycles. The van der Waals surface area contributed by atoms with Gasteiger partial charge in [0, 0.05) is 24.0 Å². The third kappa shape index (κ3) is 2.43. The molecule has 20 heavy (non-hydrogen) atoms. The van der Waals surface area contributed by atoms with Crippen molar-refractivity contribution in [1.82, 2.24) is 9.55 Å². The summed E-state index contributed by atoms with van der Waals surface area (Å²) >= 11 is 0. The zero-order chi connectivity index (χ0) is 13.4. The van der Waals surface area contributed by atoms with Crippen molar-refractivity contribution in [2.24, 2.45) is 5.92 Å². The lowest BCUT2D eigenvalue weighted by Crippen LogP contribution is -2.26. The van der Waals surface area contributed by atoms with Gasteiger partial charge in [-0.15, -0.1) is 12.4 Å². The van der Waals surface area contributed by atoms with Crippen LogP contribution < -0.4 is 0 Å². The summed E-state index contributed by atoms with van der Waals surface area (Å²) in [6, 6.07) is 8.07. The first-order chi connectivity index (χ1) is 9.16. The van der Waals surface area contributed by atoms with E-state index in [1.807, 2.05) is 24.4 Å². The maximum atomic E-state index is 11.2. The Kier molecular flexibility index (Phi) is 4.14. The normalized spacial score (nSPS) is 17.1. The van der Waals surface area contributed by atoms with Crippen LogP contribution in [0, 0.1) is 12.8 Å². The Morgan fingerprint density at radius 3 is 2.85 bits per heavy atom. The van der Waals surface area contributed by atoms with E-state index in [4.69, 9.17) is 0 Å². The molecule has 0 saturated heterocycles. The molecule has 0 saturated carbocycles. The molecular weight excluding hydrogens is 276 g/mol. The second-order valence-corrected chi connectivity index (χ2v) is 5.07. The maximum Gasteiger partial charge on any atom is 0.308 e. The summed E-state index contributed by atoms with van der Waals surface area (Å²) < 4.78 is 2.06. The molecule has 1 aliphatic heterocycles. The number of nitrogens with zero attached hydrogens (tertiary/aromatic N) is 2. The number of rotatable bonds is 2. The van der Waals surface area contributed by atoms with Crippen molar-refractivity contribution < 1.29 is 9.90 Å². The van der Waals surface area contributed by atoms with Gasteiger partial charge in [-0.3, -0.25) is 4.79 Å². The van der Waals surface area contributed by atoms with Gasteiger partial charge in [-0.05, 0) is 25.3 Å². The van der Waals surface area contributed by atoms with E-state index in [0.717, 1.165) is 29.1 Å². The van der Waals surface area contributed by atoms with Crippen LogP contribution in [0.25, 0.3) is 11.4 Å². The van der Waals surface area contributed by atoms with Crippen LogP contribution in [0.1, 0.15) is 17.7 Å². The van der Waals surface area contributed by atoms with Gasteiger partial charge in [-0.1, -0.05) is 24.3 Å². The molecule has 1 N–H and O–H groups in total. The third-order valence-electron chi connectivity index (χ3n) is 3.83. The lowest BCUT2D eigenvalue weighted by Gasteiger charge is -2.22. The molecule has 0 spiro atoms. The monoisotopic (exact) mass is 292 g/mol. The zero-order valence-corrected chi connectivity index (χ0v) is 12.1. The summed E-state index contributed by atoms with van der Waals surface area (Å²) in [7, 11) is 0. The highest BCUT2D eigenvalue weighted by Gasteiger charge is 2.26. The Morgan fingerprint density at radius 2 is 2.15 bits per heavy atom. The Labute approximate surface area is 123 Å². The van der Waals surface area contributed by atoms with Gasteiger partial charge in [-0.2, -0.15) is 0 Å². The number of carboxylic acid groups (broad SMARTS) is 1. The van der Waals surface area contributed by atoms with Gasteiger partial charge < -0.3 is 9.67 Å². The summed E-state index contributed by atoms with van der Waals surface area (Å²) in [5.41, 5.74) is 3.38. The number of aryl methyl sites for hydroxylation is 2. The molecule has 3 rings (SSSR count). The minimum absolute atomic E-state index is 0. The van der Waals surface area contributed by atoms with Crippen molar-refractivity contribution in [3.8, 4) is 11.4 Å². The molecule has 1 aliphatic rings. The van der Waals surface area contributed by atoms with Crippen molar-refractivity contribution in [1.29, 1.82) is 0 Å². The molecule has 0 amide bonds. The van der Waals surface area contributed by atoms with Gasteiger partial charge in [0.05, 0.1) is 5.92 Å². The molecule has 106 valence electrons. The summed E-state index contributed by atoms with van der Waals surface area (Å²) in [6.45, 7) is 2.57. The fourth-order valence-electron chi connectivity index (χ4n) is 2.69. The van der Waals surface area contributed by atoms with Gasteiger partial charge >= 0.3 is 5.97 Å². The molecule has 5 heteroatoms. The molecule has 2 heterocycles. The summed E-state index contributed by atoms with van der Waals surface area (Å²) in [5.74, 6) is -0.126. The predicted molar refractivity (Wildman–Crippen MR) is 79.1 cm³/mol. The molecule has 1 atom stereocenters. The molecule has 0 radical (unpaired) electrons. The topological polar surface area (TPSA) is 55.1 Å². The zero-order valence-electron chi connectivity index (χ0n) is 11.2. The lowest BCUT2D eigenvalue weighted by molar-refractivity contribution is -0.142. The van der Waals surface area contributed by atoms with Gasteiger partial charge in [0.2, 0.25) is 0 Å². The number of aromatic nitrogens is 2. The summed E-state index contributed by atoms with van der Waals surface area (Å²) in [6.07, 6.45) is 3.37. The fraction of sp³-hybridized carbons (Fsp3) is 0.333. The molecule has 0 fully saturated rings. The number of hydrogen-bond donors (Lipinski definition) is 1. The number of halogens is 1. The highest BCUT2D eigenvalue weighted by Crippen LogP contribution is 2.28. The second-order valence-electron chi connectivity index (χ2n) is 5.07. The SMILES string of the molecule is Cc1ccccc1-c1ncc2n1CC(C(=O)O)CC2.Cl. The van der Waals surface area contributed by atoms with Crippen LogP contribution in [0.5, 0.6) is 0 Å². The Bertz CT molecular complexity index is 637. The van der Waals surface area contributed by atoms with Crippen LogP contribution in [0.4, 0.5) is 0 Å². The van der Waals surface area contributed by atoms with Crippen LogP contribution in [-0.2, 0) is 17.8 Å². The summed E-state index contributed by atoms with van der Waals surface area (Å²) in [4.78, 5) is 15.7. The third-order valence-corrected chi connectivity index (χ3v) is 3.83. The highest BCUT2D eigenvalue weighted by atomic mass is 35.5. The lowest BCUT2D eigenvalue weighted by atomic mass is 9.98. The number of carbonyl (C=O) groups is 1. The van der Waals surface area contributed by atoms with Crippen LogP contribution in [0.3, 0.4) is 0 Å². The molecule has 4 nitrogen and oxygen atoms in total. The van der Waals surface area contributed by atoms with Crippen molar-refractivity contribution in [3.63, 3.8) is 0 Å². The van der Waals surface area contributed by atoms with Gasteiger partial charge in [0.25, 0.3) is 0 Å². The molecular formula is C15H17ClN2O2. The van der Waals surface area contributed by atoms with Gasteiger partial charge in [0.1, 0.15) is 5.82 Å². The van der Waals surface area contributed by atoms with Crippen molar-refractivity contribution in [3.05, 3.63) is 41.7 Å². The van der Waals surface area contributed by atoms with Gasteiger partial charge in [0.15, 0.2) is 0 Å². The van der Waals surface area contributed by atoms with Crippen molar-refractivity contribution in [2.75, 3.05) is 0 Å². The average molecular weight is 293 g/mol. The molecule has 1 aromatic heterocycles. The number of fused-ring (bicyclic) bond motifs is 1. The van der Waals surface area contributed by atoms with Crippen LogP contribution >= 0.6 is 12.4 Å². The second kappa shape index (κ2) is 5.67. The quantitative estimate of drug-likeness (QED) is 0.926. The van der Waals surface area contributed by atoms with Crippen LogP contribution in [0.2, 0.25) is 0 Å². The Hall–Kier alpha value is -1.81. The fourth-order valence-corrected chi connectivity index (χ4v) is 2.69. The highest BCUT2D eigenvalue weighted by molar-refractivity contribution is 5.85. The first-order valence-corrected chi connectivity index (χ1v) is 6.50. The minimum Gasteiger partial charge on any atom is -0.481 e. The van der Waals surface area contributed by atoms with E-state index < -0.39 is 5.97 Å².